The van der Waals surface area contributed by atoms with Crippen LogP contribution in [0.2, 0.25) is 0 Å². The minimum absolute atomic E-state index is 0.540. The van der Waals surface area contributed by atoms with Gasteiger partial charge < -0.3 is 5.73 Å². The molecule has 0 aromatic carbocycles. The van der Waals surface area contributed by atoms with Gasteiger partial charge in [-0.3, -0.25) is 9.67 Å². The Hall–Kier alpha value is -1.84. The average Bonchev–Trinajstić information content (AvgIpc) is 2.77. The molecule has 1 aliphatic rings. The fourth-order valence-electron chi connectivity index (χ4n) is 3.19. The molecule has 3 rings (SSSR count). The van der Waals surface area contributed by atoms with Gasteiger partial charge in [0.2, 0.25) is 0 Å². The molecule has 1 aliphatic carbocycles. The van der Waals surface area contributed by atoms with E-state index in [1.54, 1.807) is 0 Å². The van der Waals surface area contributed by atoms with Gasteiger partial charge in [-0.25, -0.2) is 0 Å². The van der Waals surface area contributed by atoms with Crippen molar-refractivity contribution in [3.63, 3.8) is 0 Å². The van der Waals surface area contributed by atoms with E-state index < -0.39 is 0 Å². The third-order valence-electron chi connectivity index (χ3n) is 4.49. The molecule has 2 heterocycles. The Morgan fingerprint density at radius 2 is 1.80 bits per heavy atom. The summed E-state index contributed by atoms with van der Waals surface area (Å²) in [4.78, 5) is 4.09. The molecule has 0 radical (unpaired) electrons. The molecule has 0 spiro atoms. The maximum absolute atomic E-state index is 6.25. The molecule has 0 saturated heterocycles. The zero-order valence-corrected chi connectivity index (χ0v) is 12.2. The van der Waals surface area contributed by atoms with E-state index in [0.29, 0.717) is 5.92 Å². The highest BCUT2D eigenvalue weighted by atomic mass is 15.3. The van der Waals surface area contributed by atoms with Crippen LogP contribution in [0.5, 0.6) is 0 Å². The van der Waals surface area contributed by atoms with Gasteiger partial charge in [0, 0.05) is 30.9 Å². The summed E-state index contributed by atoms with van der Waals surface area (Å²) in [7, 11) is 1.93. The summed E-state index contributed by atoms with van der Waals surface area (Å²) in [5.41, 5.74) is 9.65. The van der Waals surface area contributed by atoms with Crippen molar-refractivity contribution in [3.05, 3.63) is 30.2 Å². The van der Waals surface area contributed by atoms with Crippen LogP contribution in [0.25, 0.3) is 11.1 Å². The van der Waals surface area contributed by atoms with Gasteiger partial charge in [-0.2, -0.15) is 5.10 Å². The first-order valence-electron chi connectivity index (χ1n) is 7.39. The number of nitrogen functional groups attached to an aromatic ring is 1. The summed E-state index contributed by atoms with van der Waals surface area (Å²) < 4.78 is 1.81. The van der Waals surface area contributed by atoms with Crippen molar-refractivity contribution >= 4 is 5.82 Å². The number of nitrogens with zero attached hydrogens (tertiary/aromatic N) is 3. The van der Waals surface area contributed by atoms with Gasteiger partial charge in [0.15, 0.2) is 0 Å². The van der Waals surface area contributed by atoms with Gasteiger partial charge >= 0.3 is 0 Å². The summed E-state index contributed by atoms with van der Waals surface area (Å²) in [6, 6.07) is 4.03. The Labute approximate surface area is 120 Å². The molecule has 2 aromatic heterocycles. The third kappa shape index (κ3) is 2.30. The topological polar surface area (TPSA) is 56.7 Å². The highest BCUT2D eigenvalue weighted by Gasteiger charge is 2.26. The van der Waals surface area contributed by atoms with Crippen LogP contribution < -0.4 is 5.73 Å². The smallest absolute Gasteiger partial charge is 0.129 e. The van der Waals surface area contributed by atoms with Crippen molar-refractivity contribution < 1.29 is 0 Å². The van der Waals surface area contributed by atoms with Crippen LogP contribution in [-0.4, -0.2) is 14.8 Å². The van der Waals surface area contributed by atoms with Crippen LogP contribution in [0.4, 0.5) is 5.82 Å². The van der Waals surface area contributed by atoms with Crippen LogP contribution in [0, 0.1) is 5.92 Å². The molecule has 2 N–H and O–H groups in total. The highest BCUT2D eigenvalue weighted by molar-refractivity contribution is 5.76. The quantitative estimate of drug-likeness (QED) is 0.910. The van der Waals surface area contributed by atoms with E-state index in [0.717, 1.165) is 22.9 Å². The lowest BCUT2D eigenvalue weighted by Crippen LogP contribution is -2.12. The van der Waals surface area contributed by atoms with Crippen LogP contribution in [-0.2, 0) is 7.05 Å². The third-order valence-corrected chi connectivity index (χ3v) is 4.49. The second-order valence-corrected chi connectivity index (χ2v) is 5.96. The fourth-order valence-corrected chi connectivity index (χ4v) is 3.19. The number of nitrogens with two attached hydrogens (primary N) is 1. The van der Waals surface area contributed by atoms with E-state index in [4.69, 9.17) is 10.8 Å². The molecule has 106 valence electrons. The number of hydrogen-bond donors (Lipinski definition) is 1. The van der Waals surface area contributed by atoms with Crippen LogP contribution in [0.3, 0.4) is 0 Å². The summed E-state index contributed by atoms with van der Waals surface area (Å²) >= 11 is 0. The minimum Gasteiger partial charge on any atom is -0.383 e. The van der Waals surface area contributed by atoms with Gasteiger partial charge in [-0.05, 0) is 36.5 Å². The lowest BCUT2D eigenvalue weighted by Gasteiger charge is -2.25. The predicted molar refractivity (Wildman–Crippen MR) is 81.2 cm³/mol. The first kappa shape index (κ1) is 13.2. The van der Waals surface area contributed by atoms with Gasteiger partial charge in [0.1, 0.15) is 5.82 Å². The molecule has 0 bridgehead atoms. The van der Waals surface area contributed by atoms with E-state index in [1.165, 1.54) is 31.4 Å². The SMILES string of the molecule is CC1CCC(c2nn(C)c(N)c2-c2ccncc2)CC1. The van der Waals surface area contributed by atoms with Crippen LogP contribution >= 0.6 is 0 Å². The highest BCUT2D eigenvalue weighted by Crippen LogP contribution is 2.41. The summed E-state index contributed by atoms with van der Waals surface area (Å²) in [5, 5.41) is 4.71. The molecule has 0 atom stereocenters. The van der Waals surface area contributed by atoms with Crippen molar-refractivity contribution in [3.8, 4) is 11.1 Å². The standard InChI is InChI=1S/C16H22N4/c1-11-3-5-13(6-4-11)15-14(16(17)20(2)19-15)12-7-9-18-10-8-12/h7-11,13H,3-6,17H2,1-2H3. The molecule has 4 nitrogen and oxygen atoms in total. The number of pyridine rings is 1. The Bertz CT molecular complexity index is 580. The number of aromatic nitrogens is 3. The molecular weight excluding hydrogens is 248 g/mol. The Morgan fingerprint density at radius 3 is 2.45 bits per heavy atom. The number of anilines is 1. The summed E-state index contributed by atoms with van der Waals surface area (Å²) in [6.07, 6.45) is 8.64. The number of rotatable bonds is 2. The van der Waals surface area contributed by atoms with Crippen molar-refractivity contribution in [2.45, 2.75) is 38.5 Å². The lowest BCUT2D eigenvalue weighted by molar-refractivity contribution is 0.343. The number of aryl methyl sites for hydroxylation is 1. The molecule has 0 unspecified atom stereocenters. The van der Waals surface area contributed by atoms with Crippen LogP contribution in [0.1, 0.15) is 44.2 Å². The maximum Gasteiger partial charge on any atom is 0.129 e. The van der Waals surface area contributed by atoms with Gasteiger partial charge in [-0.1, -0.05) is 19.8 Å². The molecular formula is C16H22N4. The molecule has 2 aromatic rings. The van der Waals surface area contributed by atoms with E-state index in [9.17, 15) is 0 Å². The second-order valence-electron chi connectivity index (χ2n) is 5.96. The van der Waals surface area contributed by atoms with E-state index in [2.05, 4.69) is 11.9 Å². The monoisotopic (exact) mass is 270 g/mol. The van der Waals surface area contributed by atoms with E-state index in [1.807, 2.05) is 36.3 Å². The molecule has 0 aliphatic heterocycles. The van der Waals surface area contributed by atoms with Gasteiger partial charge in [0.05, 0.1) is 5.69 Å². The lowest BCUT2D eigenvalue weighted by atomic mass is 9.80. The van der Waals surface area contributed by atoms with Crippen LogP contribution in [0.15, 0.2) is 24.5 Å². The first-order valence-corrected chi connectivity index (χ1v) is 7.39. The summed E-state index contributed by atoms with van der Waals surface area (Å²) in [5.74, 6) is 2.14. The van der Waals surface area contributed by atoms with E-state index in [-0.39, 0.29) is 0 Å². The van der Waals surface area contributed by atoms with Gasteiger partial charge in [0.25, 0.3) is 0 Å². The Morgan fingerprint density at radius 1 is 1.15 bits per heavy atom. The summed E-state index contributed by atoms with van der Waals surface area (Å²) in [6.45, 7) is 2.34. The normalized spacial score (nSPS) is 22.9. The zero-order chi connectivity index (χ0) is 14.1. The fraction of sp³-hybridized carbons (Fsp3) is 0.500. The predicted octanol–water partition coefficient (Wildman–Crippen LogP) is 3.36. The molecule has 1 fully saturated rings. The first-order chi connectivity index (χ1) is 9.66. The molecule has 0 amide bonds. The zero-order valence-electron chi connectivity index (χ0n) is 12.2. The minimum atomic E-state index is 0.540. The van der Waals surface area contributed by atoms with E-state index >= 15 is 0 Å². The average molecular weight is 270 g/mol. The van der Waals surface area contributed by atoms with Gasteiger partial charge in [-0.15, -0.1) is 0 Å². The Kier molecular flexibility index (Phi) is 3.47. The van der Waals surface area contributed by atoms with Crippen molar-refractivity contribution in [2.24, 2.45) is 13.0 Å². The van der Waals surface area contributed by atoms with Crippen molar-refractivity contribution in [1.82, 2.24) is 14.8 Å². The van der Waals surface area contributed by atoms with Crippen molar-refractivity contribution in [2.75, 3.05) is 5.73 Å². The molecule has 4 heteroatoms. The second kappa shape index (κ2) is 5.27. The maximum atomic E-state index is 6.25. The number of hydrogen-bond acceptors (Lipinski definition) is 3. The Balaban J connectivity index is 2.01. The molecule has 20 heavy (non-hydrogen) atoms. The largest absolute Gasteiger partial charge is 0.383 e. The van der Waals surface area contributed by atoms with Crippen molar-refractivity contribution in [1.29, 1.82) is 0 Å². The molecule has 1 saturated carbocycles.